The van der Waals surface area contributed by atoms with Gasteiger partial charge in [-0.1, -0.05) is 6.58 Å². The first-order chi connectivity index (χ1) is 7.40. The molecule has 0 bridgehead atoms. The molecule has 2 rings (SSSR count). The largest absolute Gasteiger partial charge is 0.565 e. The molecule has 0 aromatic carbocycles. The molecule has 84 valence electrons. The van der Waals surface area contributed by atoms with Crippen LogP contribution in [0.5, 0.6) is 0 Å². The molecule has 1 aromatic heterocycles. The van der Waals surface area contributed by atoms with E-state index in [4.69, 9.17) is 15.0 Å². The fraction of sp³-hybridized carbons (Fsp3) is 0.364. The number of nitrogens with zero attached hydrogens (tertiary/aromatic N) is 1. The van der Waals surface area contributed by atoms with Crippen LogP contribution in [0.3, 0.4) is 0 Å². The van der Waals surface area contributed by atoms with Crippen molar-refractivity contribution in [3.8, 4) is 0 Å². The molecule has 2 N–H and O–H groups in total. The van der Waals surface area contributed by atoms with Crippen molar-refractivity contribution in [2.75, 3.05) is 5.73 Å². The van der Waals surface area contributed by atoms with Gasteiger partial charge in [-0.25, -0.2) is 0 Å². The third-order valence-electron chi connectivity index (χ3n) is 2.74. The average molecular weight is 218 g/mol. The minimum Gasteiger partial charge on any atom is -0.534 e. The number of rotatable bonds is 1. The van der Waals surface area contributed by atoms with Crippen LogP contribution in [-0.4, -0.2) is 17.7 Å². The summed E-state index contributed by atoms with van der Waals surface area (Å²) in [5.41, 5.74) is 7.59. The quantitative estimate of drug-likeness (QED) is 0.714. The van der Waals surface area contributed by atoms with Crippen LogP contribution in [0.1, 0.15) is 19.5 Å². The molecule has 0 radical (unpaired) electrons. The van der Waals surface area contributed by atoms with Gasteiger partial charge in [-0.3, -0.25) is 4.98 Å². The van der Waals surface area contributed by atoms with Crippen molar-refractivity contribution in [3.05, 3.63) is 30.3 Å². The molecular formula is C11H15BN2O2. The van der Waals surface area contributed by atoms with Crippen molar-refractivity contribution in [1.29, 1.82) is 0 Å². The third kappa shape index (κ3) is 1.78. The zero-order valence-corrected chi connectivity index (χ0v) is 9.78. The van der Waals surface area contributed by atoms with Crippen LogP contribution in [0.15, 0.2) is 24.6 Å². The summed E-state index contributed by atoms with van der Waals surface area (Å²) >= 11 is 0. The fourth-order valence-electron chi connectivity index (χ4n) is 1.46. The molecule has 1 aromatic rings. The Balaban J connectivity index is 2.27. The van der Waals surface area contributed by atoms with E-state index in [2.05, 4.69) is 11.6 Å². The minimum atomic E-state index is -0.468. The first kappa shape index (κ1) is 11.0. The first-order valence-electron chi connectivity index (χ1n) is 5.16. The molecule has 0 unspecified atom stereocenters. The van der Waals surface area contributed by atoms with Crippen LogP contribution in [0.4, 0.5) is 5.69 Å². The lowest BCUT2D eigenvalue weighted by atomic mass is 9.80. The van der Waals surface area contributed by atoms with Crippen LogP contribution in [0.25, 0.3) is 0 Å². The Morgan fingerprint density at radius 3 is 2.69 bits per heavy atom. The van der Waals surface area contributed by atoms with Crippen molar-refractivity contribution in [1.82, 2.24) is 4.98 Å². The Kier molecular flexibility index (Phi) is 2.42. The predicted molar refractivity (Wildman–Crippen MR) is 64.2 cm³/mol. The standard InChI is InChI=1S/C11H15BN2O2/c1-7-10(13)5-9(6-14-7)12-15-8(2)11(3,4)16-12/h5-6H,2,13H2,1,3-4H3. The molecule has 5 heteroatoms. The maximum atomic E-state index is 5.79. The molecule has 16 heavy (non-hydrogen) atoms. The maximum Gasteiger partial charge on any atom is 0.565 e. The molecule has 2 heterocycles. The van der Waals surface area contributed by atoms with Gasteiger partial charge in [0.1, 0.15) is 5.60 Å². The van der Waals surface area contributed by atoms with Gasteiger partial charge in [-0.2, -0.15) is 0 Å². The molecule has 0 aliphatic carbocycles. The van der Waals surface area contributed by atoms with Crippen molar-refractivity contribution in [3.63, 3.8) is 0 Å². The van der Waals surface area contributed by atoms with E-state index in [-0.39, 0.29) is 0 Å². The summed E-state index contributed by atoms with van der Waals surface area (Å²) in [5.74, 6) is 0.622. The highest BCUT2D eigenvalue weighted by Gasteiger charge is 2.43. The van der Waals surface area contributed by atoms with E-state index in [1.54, 1.807) is 6.20 Å². The number of nitrogen functional groups attached to an aromatic ring is 1. The smallest absolute Gasteiger partial charge is 0.534 e. The van der Waals surface area contributed by atoms with E-state index in [0.717, 1.165) is 11.2 Å². The van der Waals surface area contributed by atoms with Gasteiger partial charge >= 0.3 is 7.12 Å². The van der Waals surface area contributed by atoms with Crippen LogP contribution >= 0.6 is 0 Å². The highest BCUT2D eigenvalue weighted by atomic mass is 16.7. The van der Waals surface area contributed by atoms with Crippen molar-refractivity contribution >= 4 is 18.3 Å². The summed E-state index contributed by atoms with van der Waals surface area (Å²) in [5, 5.41) is 0. The molecule has 0 amide bonds. The second-order valence-electron chi connectivity index (χ2n) is 4.44. The second-order valence-corrected chi connectivity index (χ2v) is 4.44. The fourth-order valence-corrected chi connectivity index (χ4v) is 1.46. The number of hydrogen-bond acceptors (Lipinski definition) is 4. The second kappa shape index (κ2) is 3.52. The number of aryl methyl sites for hydroxylation is 1. The highest BCUT2D eigenvalue weighted by Crippen LogP contribution is 2.29. The summed E-state index contributed by atoms with van der Waals surface area (Å²) in [6.45, 7) is 9.52. The van der Waals surface area contributed by atoms with E-state index in [9.17, 15) is 0 Å². The number of anilines is 1. The van der Waals surface area contributed by atoms with Gasteiger partial charge in [-0.15, -0.1) is 0 Å². The number of aromatic nitrogens is 1. The number of pyridine rings is 1. The lowest BCUT2D eigenvalue weighted by Crippen LogP contribution is -2.35. The molecule has 4 nitrogen and oxygen atoms in total. The molecule has 1 saturated heterocycles. The van der Waals surface area contributed by atoms with E-state index < -0.39 is 12.7 Å². The molecule has 0 saturated carbocycles. The Labute approximate surface area is 95.6 Å². The van der Waals surface area contributed by atoms with E-state index >= 15 is 0 Å². The van der Waals surface area contributed by atoms with Gasteiger partial charge in [0.05, 0.1) is 17.1 Å². The van der Waals surface area contributed by atoms with Crippen LogP contribution < -0.4 is 11.2 Å². The van der Waals surface area contributed by atoms with Gasteiger partial charge in [0.15, 0.2) is 0 Å². The van der Waals surface area contributed by atoms with Crippen molar-refractivity contribution < 1.29 is 9.31 Å². The Hall–Kier alpha value is -1.49. The van der Waals surface area contributed by atoms with Gasteiger partial charge < -0.3 is 15.0 Å². The van der Waals surface area contributed by atoms with E-state index in [1.165, 1.54) is 0 Å². The summed E-state index contributed by atoms with van der Waals surface area (Å²) in [7, 11) is -0.460. The average Bonchev–Trinajstić information content (AvgIpc) is 2.46. The van der Waals surface area contributed by atoms with Crippen LogP contribution in [0, 0.1) is 6.92 Å². The van der Waals surface area contributed by atoms with Gasteiger partial charge in [0.2, 0.25) is 0 Å². The minimum absolute atomic E-state index is 0.460. The number of nitrogens with two attached hydrogens (primary N) is 1. The number of hydrogen-bond donors (Lipinski definition) is 1. The molecule has 1 aliphatic heterocycles. The lowest BCUT2D eigenvalue weighted by Gasteiger charge is -2.15. The predicted octanol–water partition coefficient (Wildman–Crippen LogP) is 1.01. The first-order valence-corrected chi connectivity index (χ1v) is 5.16. The van der Waals surface area contributed by atoms with Crippen LogP contribution in [-0.2, 0) is 9.31 Å². The van der Waals surface area contributed by atoms with Crippen molar-refractivity contribution in [2.24, 2.45) is 0 Å². The molecule has 0 atom stereocenters. The van der Waals surface area contributed by atoms with Gasteiger partial charge in [-0.05, 0) is 26.8 Å². The van der Waals surface area contributed by atoms with E-state index in [0.29, 0.717) is 11.4 Å². The normalized spacial score (nSPS) is 18.7. The maximum absolute atomic E-state index is 5.79. The molecular weight excluding hydrogens is 203 g/mol. The molecule has 1 fully saturated rings. The monoisotopic (exact) mass is 218 g/mol. The summed E-state index contributed by atoms with van der Waals surface area (Å²) in [4.78, 5) is 4.18. The zero-order chi connectivity index (χ0) is 11.9. The summed E-state index contributed by atoms with van der Waals surface area (Å²) in [6, 6.07) is 1.82. The highest BCUT2D eigenvalue weighted by molar-refractivity contribution is 6.62. The van der Waals surface area contributed by atoms with Gasteiger partial charge in [0, 0.05) is 11.7 Å². The third-order valence-corrected chi connectivity index (χ3v) is 2.74. The summed E-state index contributed by atoms with van der Waals surface area (Å²) in [6.07, 6.45) is 1.71. The Morgan fingerprint density at radius 2 is 2.19 bits per heavy atom. The Morgan fingerprint density at radius 1 is 1.50 bits per heavy atom. The molecule has 0 spiro atoms. The van der Waals surface area contributed by atoms with Crippen LogP contribution in [0.2, 0.25) is 0 Å². The van der Waals surface area contributed by atoms with Crippen molar-refractivity contribution in [2.45, 2.75) is 26.4 Å². The lowest BCUT2D eigenvalue weighted by molar-refractivity contribution is 0.173. The topological polar surface area (TPSA) is 57.4 Å². The Bertz CT molecular complexity index is 446. The van der Waals surface area contributed by atoms with Gasteiger partial charge in [0.25, 0.3) is 0 Å². The summed E-state index contributed by atoms with van der Waals surface area (Å²) < 4.78 is 11.3. The molecule has 1 aliphatic rings. The SMILES string of the molecule is C=C1OB(c2cnc(C)c(N)c2)OC1(C)C. The zero-order valence-electron chi connectivity index (χ0n) is 9.78. The van der Waals surface area contributed by atoms with E-state index in [1.807, 2.05) is 26.8 Å².